The molecule has 1 aliphatic rings. The first-order valence-electron chi connectivity index (χ1n) is 3.38. The summed E-state index contributed by atoms with van der Waals surface area (Å²) in [4.78, 5) is 0. The smallest absolute Gasteiger partial charge is 0.0718 e. The Morgan fingerprint density at radius 1 is 1.67 bits per heavy atom. The minimum Gasteiger partial charge on any atom is -0.371 e. The second kappa shape index (κ2) is 2.47. The highest BCUT2D eigenvalue weighted by Crippen LogP contribution is 2.29. The van der Waals surface area contributed by atoms with Crippen molar-refractivity contribution in [3.8, 4) is 0 Å². The Kier molecular flexibility index (Phi) is 2.02. The first-order valence-corrected chi connectivity index (χ1v) is 3.91. The van der Waals surface area contributed by atoms with Gasteiger partial charge in [-0.05, 0) is 26.7 Å². The molecule has 1 rings (SSSR count). The first-order chi connectivity index (χ1) is 4.14. The molecular weight excluding hydrogens is 136 g/mol. The molecule has 9 heavy (non-hydrogen) atoms. The van der Waals surface area contributed by atoms with Crippen LogP contribution < -0.4 is 0 Å². The van der Waals surface area contributed by atoms with Crippen molar-refractivity contribution in [2.75, 3.05) is 5.88 Å². The zero-order valence-electron chi connectivity index (χ0n) is 5.98. The standard InChI is InChI=1S/C7H13ClO/c1-7(2)4-3-6(5-8)9-7/h6H,3-5H2,1-2H3. The summed E-state index contributed by atoms with van der Waals surface area (Å²) in [6.07, 6.45) is 2.57. The molecule has 0 bridgehead atoms. The van der Waals surface area contributed by atoms with Gasteiger partial charge in [0.1, 0.15) is 0 Å². The molecule has 1 unspecified atom stereocenters. The SMILES string of the molecule is CC1(C)CCC(CCl)O1. The second-order valence-corrected chi connectivity index (χ2v) is 3.50. The highest BCUT2D eigenvalue weighted by Gasteiger charge is 2.30. The quantitative estimate of drug-likeness (QED) is 0.518. The van der Waals surface area contributed by atoms with Crippen LogP contribution in [0.4, 0.5) is 0 Å². The van der Waals surface area contributed by atoms with E-state index in [1.807, 2.05) is 0 Å². The molecule has 1 nitrogen and oxygen atoms in total. The van der Waals surface area contributed by atoms with Gasteiger partial charge in [0.25, 0.3) is 0 Å². The maximum absolute atomic E-state index is 5.61. The zero-order chi connectivity index (χ0) is 6.91. The molecule has 0 aromatic rings. The molecule has 2 heteroatoms. The van der Waals surface area contributed by atoms with Crippen molar-refractivity contribution in [3.05, 3.63) is 0 Å². The van der Waals surface area contributed by atoms with E-state index in [4.69, 9.17) is 16.3 Å². The Morgan fingerprint density at radius 2 is 2.33 bits per heavy atom. The molecule has 1 fully saturated rings. The summed E-state index contributed by atoms with van der Waals surface area (Å²) < 4.78 is 5.57. The molecule has 0 aromatic heterocycles. The molecule has 0 amide bonds. The lowest BCUT2D eigenvalue weighted by Gasteiger charge is -2.17. The van der Waals surface area contributed by atoms with Crippen molar-refractivity contribution in [1.82, 2.24) is 0 Å². The third-order valence-electron chi connectivity index (χ3n) is 1.73. The summed E-state index contributed by atoms with van der Waals surface area (Å²) in [5, 5.41) is 0. The van der Waals surface area contributed by atoms with E-state index in [0.29, 0.717) is 12.0 Å². The molecule has 0 N–H and O–H groups in total. The molecule has 1 heterocycles. The lowest BCUT2D eigenvalue weighted by molar-refractivity contribution is -0.00522. The van der Waals surface area contributed by atoms with Gasteiger partial charge in [-0.15, -0.1) is 11.6 Å². The van der Waals surface area contributed by atoms with Gasteiger partial charge in [-0.3, -0.25) is 0 Å². The second-order valence-electron chi connectivity index (χ2n) is 3.19. The zero-order valence-corrected chi connectivity index (χ0v) is 6.74. The van der Waals surface area contributed by atoms with Gasteiger partial charge in [-0.2, -0.15) is 0 Å². The van der Waals surface area contributed by atoms with Crippen LogP contribution >= 0.6 is 11.6 Å². The summed E-state index contributed by atoms with van der Waals surface area (Å²) in [5.74, 6) is 0.642. The van der Waals surface area contributed by atoms with Crippen LogP contribution in [0.25, 0.3) is 0 Å². The number of rotatable bonds is 1. The van der Waals surface area contributed by atoms with Gasteiger partial charge in [0, 0.05) is 5.88 Å². The largest absolute Gasteiger partial charge is 0.371 e. The van der Waals surface area contributed by atoms with Crippen molar-refractivity contribution in [2.24, 2.45) is 0 Å². The van der Waals surface area contributed by atoms with E-state index in [2.05, 4.69) is 13.8 Å². The monoisotopic (exact) mass is 148 g/mol. The van der Waals surface area contributed by atoms with Gasteiger partial charge >= 0.3 is 0 Å². The summed E-state index contributed by atoms with van der Waals surface area (Å²) in [6, 6.07) is 0. The Hall–Kier alpha value is 0.250. The summed E-state index contributed by atoms with van der Waals surface area (Å²) in [7, 11) is 0. The fourth-order valence-corrected chi connectivity index (χ4v) is 1.40. The topological polar surface area (TPSA) is 9.23 Å². The van der Waals surface area contributed by atoms with E-state index >= 15 is 0 Å². The lowest BCUT2D eigenvalue weighted by atomic mass is 10.1. The van der Waals surface area contributed by atoms with Crippen LogP contribution in [0.5, 0.6) is 0 Å². The van der Waals surface area contributed by atoms with Gasteiger partial charge in [-0.25, -0.2) is 0 Å². The van der Waals surface area contributed by atoms with E-state index in [1.54, 1.807) is 0 Å². The van der Waals surface area contributed by atoms with E-state index < -0.39 is 0 Å². The van der Waals surface area contributed by atoms with Crippen LogP contribution in [0.3, 0.4) is 0 Å². The molecular formula is C7H13ClO. The molecule has 0 saturated carbocycles. The van der Waals surface area contributed by atoms with Crippen molar-refractivity contribution < 1.29 is 4.74 Å². The van der Waals surface area contributed by atoms with E-state index in [9.17, 15) is 0 Å². The highest BCUT2D eigenvalue weighted by atomic mass is 35.5. The van der Waals surface area contributed by atoms with Crippen LogP contribution in [0.2, 0.25) is 0 Å². The van der Waals surface area contributed by atoms with Crippen molar-refractivity contribution in [1.29, 1.82) is 0 Å². The third-order valence-corrected chi connectivity index (χ3v) is 2.07. The number of ether oxygens (including phenoxy) is 1. The minimum absolute atomic E-state index is 0.0829. The molecule has 0 aromatic carbocycles. The van der Waals surface area contributed by atoms with Crippen LogP contribution in [0.1, 0.15) is 26.7 Å². The third kappa shape index (κ3) is 1.84. The first kappa shape index (κ1) is 7.36. The normalized spacial score (nSPS) is 33.0. The Balaban J connectivity index is 2.38. The maximum Gasteiger partial charge on any atom is 0.0718 e. The fourth-order valence-electron chi connectivity index (χ4n) is 1.19. The van der Waals surface area contributed by atoms with E-state index in [1.165, 1.54) is 0 Å². The van der Waals surface area contributed by atoms with E-state index in [-0.39, 0.29) is 5.60 Å². The molecule has 54 valence electrons. The van der Waals surface area contributed by atoms with Crippen LogP contribution in [-0.2, 0) is 4.74 Å². The summed E-state index contributed by atoms with van der Waals surface area (Å²) in [5.41, 5.74) is 0.0829. The Bertz CT molecular complexity index is 101. The average molecular weight is 149 g/mol. The van der Waals surface area contributed by atoms with Gasteiger partial charge in [0.2, 0.25) is 0 Å². The van der Waals surface area contributed by atoms with Crippen LogP contribution in [-0.4, -0.2) is 17.6 Å². The predicted molar refractivity (Wildman–Crippen MR) is 38.9 cm³/mol. The van der Waals surface area contributed by atoms with Gasteiger partial charge in [0.05, 0.1) is 11.7 Å². The molecule has 1 saturated heterocycles. The average Bonchev–Trinajstić information content (AvgIpc) is 2.10. The number of alkyl halides is 1. The van der Waals surface area contributed by atoms with Crippen molar-refractivity contribution in [3.63, 3.8) is 0 Å². The molecule has 0 aliphatic carbocycles. The van der Waals surface area contributed by atoms with Crippen molar-refractivity contribution in [2.45, 2.75) is 38.4 Å². The van der Waals surface area contributed by atoms with Crippen LogP contribution in [0, 0.1) is 0 Å². The molecule has 0 spiro atoms. The van der Waals surface area contributed by atoms with Gasteiger partial charge in [-0.1, -0.05) is 0 Å². The fraction of sp³-hybridized carbons (Fsp3) is 1.00. The Labute approximate surface area is 61.3 Å². The molecule has 1 atom stereocenters. The predicted octanol–water partition coefficient (Wildman–Crippen LogP) is 2.18. The number of hydrogen-bond acceptors (Lipinski definition) is 1. The van der Waals surface area contributed by atoms with Gasteiger partial charge < -0.3 is 4.74 Å². The summed E-state index contributed by atoms with van der Waals surface area (Å²) >= 11 is 5.61. The Morgan fingerprint density at radius 3 is 2.56 bits per heavy atom. The number of halogens is 1. The highest BCUT2D eigenvalue weighted by molar-refractivity contribution is 6.18. The summed E-state index contributed by atoms with van der Waals surface area (Å²) in [6.45, 7) is 4.22. The molecule has 0 radical (unpaired) electrons. The molecule has 1 aliphatic heterocycles. The van der Waals surface area contributed by atoms with E-state index in [0.717, 1.165) is 12.8 Å². The maximum atomic E-state index is 5.61. The lowest BCUT2D eigenvalue weighted by Crippen LogP contribution is -2.20. The minimum atomic E-state index is 0.0829. The number of hydrogen-bond donors (Lipinski definition) is 0. The van der Waals surface area contributed by atoms with Crippen molar-refractivity contribution >= 4 is 11.6 Å². The van der Waals surface area contributed by atoms with Crippen LogP contribution in [0.15, 0.2) is 0 Å². The van der Waals surface area contributed by atoms with Gasteiger partial charge in [0.15, 0.2) is 0 Å².